The quantitative estimate of drug-likeness (QED) is 0.151. The lowest BCUT2D eigenvalue weighted by atomic mass is 9.66. The van der Waals surface area contributed by atoms with Gasteiger partial charge >= 0.3 is 0 Å². The van der Waals surface area contributed by atoms with Crippen molar-refractivity contribution in [3.63, 3.8) is 0 Å². The second-order valence-corrected chi connectivity index (χ2v) is 18.9. The highest BCUT2D eigenvalue weighted by Crippen LogP contribution is 2.59. The third kappa shape index (κ3) is 5.49. The zero-order chi connectivity index (χ0) is 42.2. The molecule has 5 aliphatic rings. The summed E-state index contributed by atoms with van der Waals surface area (Å²) in [6.45, 7) is 0. The third-order valence-corrected chi connectivity index (χ3v) is 15.8. The van der Waals surface area contributed by atoms with E-state index in [9.17, 15) is 0 Å². The Morgan fingerprint density at radius 3 is 1.89 bits per heavy atom. The van der Waals surface area contributed by atoms with Crippen LogP contribution in [0, 0.1) is 0 Å². The maximum atomic E-state index is 2.73. The van der Waals surface area contributed by atoms with Gasteiger partial charge < -0.3 is 4.90 Å². The van der Waals surface area contributed by atoms with Gasteiger partial charge in [-0.1, -0.05) is 207 Å². The van der Waals surface area contributed by atoms with E-state index in [4.69, 9.17) is 0 Å². The number of fused-ring (bicyclic) bond motifs is 10. The molecule has 1 fully saturated rings. The van der Waals surface area contributed by atoms with Crippen LogP contribution in [0.4, 0.5) is 5.69 Å². The molecule has 1 heteroatoms. The normalized spacial score (nSPS) is 18.9. The summed E-state index contributed by atoms with van der Waals surface area (Å²) < 4.78 is 0. The number of benzene rings is 8. The van der Waals surface area contributed by atoms with Gasteiger partial charge in [0.15, 0.2) is 0 Å². The van der Waals surface area contributed by atoms with Gasteiger partial charge in [0.05, 0.1) is 11.5 Å². The van der Waals surface area contributed by atoms with Crippen molar-refractivity contribution in [3.8, 4) is 11.1 Å². The van der Waals surface area contributed by atoms with Gasteiger partial charge in [-0.05, 0) is 133 Å². The average Bonchev–Trinajstić information content (AvgIpc) is 3.81. The molecule has 0 bridgehead atoms. The van der Waals surface area contributed by atoms with Crippen LogP contribution in [0.3, 0.4) is 0 Å². The van der Waals surface area contributed by atoms with Gasteiger partial charge in [0.25, 0.3) is 0 Å². The smallest absolute Gasteiger partial charge is 0.0710 e. The molecule has 0 amide bonds. The second kappa shape index (κ2) is 14.8. The Bertz CT molecular complexity index is 3240. The highest BCUT2D eigenvalue weighted by atomic mass is 15.2. The van der Waals surface area contributed by atoms with E-state index in [1.807, 2.05) is 0 Å². The lowest BCUT2D eigenvalue weighted by molar-refractivity contribution is 0.353. The third-order valence-electron chi connectivity index (χ3n) is 15.8. The fourth-order valence-electron chi connectivity index (χ4n) is 13.0. The molecule has 0 N–H and O–H groups in total. The van der Waals surface area contributed by atoms with Gasteiger partial charge in [-0.25, -0.2) is 0 Å². The van der Waals surface area contributed by atoms with E-state index < -0.39 is 5.41 Å². The molecule has 1 nitrogen and oxygen atoms in total. The molecule has 0 saturated heterocycles. The maximum Gasteiger partial charge on any atom is 0.0710 e. The number of rotatable bonds is 6. The van der Waals surface area contributed by atoms with E-state index in [-0.39, 0.29) is 11.5 Å². The van der Waals surface area contributed by atoms with E-state index in [0.717, 1.165) is 19.3 Å². The molecule has 0 heterocycles. The zero-order valence-corrected chi connectivity index (χ0v) is 36.3. The summed E-state index contributed by atoms with van der Waals surface area (Å²) in [4.78, 5) is 2.73. The number of hydrogen-bond acceptors (Lipinski definition) is 1. The second-order valence-electron chi connectivity index (χ2n) is 18.9. The Hall–Kier alpha value is -6.96. The van der Waals surface area contributed by atoms with E-state index in [1.165, 1.54) is 121 Å². The van der Waals surface area contributed by atoms with Crippen LogP contribution in [0.15, 0.2) is 218 Å². The summed E-state index contributed by atoms with van der Waals surface area (Å²) in [5.41, 5.74) is 19.3. The maximum absolute atomic E-state index is 2.73. The predicted molar refractivity (Wildman–Crippen MR) is 269 cm³/mol. The molecular formula is C63H51N. The van der Waals surface area contributed by atoms with Crippen LogP contribution in [0.2, 0.25) is 0 Å². The molecule has 13 rings (SSSR count). The van der Waals surface area contributed by atoms with Crippen LogP contribution in [0.1, 0.15) is 90.3 Å². The van der Waals surface area contributed by atoms with Crippen molar-refractivity contribution in [3.05, 3.63) is 257 Å². The summed E-state index contributed by atoms with van der Waals surface area (Å²) >= 11 is 0. The minimum Gasteiger partial charge on any atom is -0.337 e. The SMILES string of the molecule is C1=CC(N(C2=CC3=C(CC2)c2ccccc2C3(c2ccccc2)c2ccccc2)c2cc3ccccc3c3ccccc23)CC=C1c1ccc2c(c1)-c1ccccc1C21CCCCC1. The van der Waals surface area contributed by atoms with Crippen molar-refractivity contribution < 1.29 is 0 Å². The average molecular weight is 822 g/mol. The fraction of sp³-hybridized carbons (Fsp3) is 0.175. The highest BCUT2D eigenvalue weighted by Gasteiger charge is 2.48. The van der Waals surface area contributed by atoms with Crippen LogP contribution in [-0.4, -0.2) is 6.04 Å². The zero-order valence-electron chi connectivity index (χ0n) is 36.3. The molecule has 8 aromatic carbocycles. The summed E-state index contributed by atoms with van der Waals surface area (Å²) in [6, 6.07) is 69.1. The van der Waals surface area contributed by atoms with Gasteiger partial charge in [-0.3, -0.25) is 0 Å². The summed E-state index contributed by atoms with van der Waals surface area (Å²) in [5, 5.41) is 5.18. The summed E-state index contributed by atoms with van der Waals surface area (Å²) in [7, 11) is 0. The first-order valence-corrected chi connectivity index (χ1v) is 23.7. The lowest BCUT2D eigenvalue weighted by Crippen LogP contribution is -2.36. The van der Waals surface area contributed by atoms with Crippen LogP contribution >= 0.6 is 0 Å². The Morgan fingerprint density at radius 2 is 1.14 bits per heavy atom. The van der Waals surface area contributed by atoms with Crippen molar-refractivity contribution >= 4 is 38.4 Å². The molecule has 0 aromatic heterocycles. The number of anilines is 1. The van der Waals surface area contributed by atoms with Crippen molar-refractivity contribution in [1.82, 2.24) is 0 Å². The Kier molecular flexibility index (Phi) is 8.70. The van der Waals surface area contributed by atoms with E-state index in [2.05, 4.69) is 211 Å². The molecule has 1 spiro atoms. The van der Waals surface area contributed by atoms with Crippen LogP contribution in [0.25, 0.3) is 43.8 Å². The van der Waals surface area contributed by atoms with Crippen LogP contribution in [-0.2, 0) is 10.8 Å². The topological polar surface area (TPSA) is 3.24 Å². The minimum atomic E-state index is -0.435. The Morgan fingerprint density at radius 1 is 0.500 bits per heavy atom. The molecule has 64 heavy (non-hydrogen) atoms. The highest BCUT2D eigenvalue weighted by molar-refractivity contribution is 6.13. The number of allylic oxidation sites excluding steroid dienone is 6. The first-order valence-electron chi connectivity index (χ1n) is 23.7. The van der Waals surface area contributed by atoms with Gasteiger partial charge in [-0.15, -0.1) is 0 Å². The Balaban J connectivity index is 0.966. The minimum absolute atomic E-state index is 0.133. The largest absolute Gasteiger partial charge is 0.337 e. The van der Waals surface area contributed by atoms with E-state index in [0.29, 0.717) is 0 Å². The molecule has 1 saturated carbocycles. The first kappa shape index (κ1) is 37.6. The van der Waals surface area contributed by atoms with E-state index >= 15 is 0 Å². The standard InChI is InChI=1S/C63H51N/c1-4-19-46(20-5-1)63(47-21-6-2-7-22-47)59-29-15-13-25-52(59)54-36-35-49(42-60(54)63)64(61-41-45-18-8-9-23-50(45)51-24-10-11-27-55(51)61)48-33-30-43(31-34-48)44-32-37-58-56(40-44)53-26-12-14-28-57(53)62(58)38-16-3-17-39-62/h1-2,4-15,18-33,37,40-42,48H,3,16-17,34-36,38-39H2. The van der Waals surface area contributed by atoms with E-state index in [1.54, 1.807) is 11.1 Å². The van der Waals surface area contributed by atoms with Crippen molar-refractivity contribution in [2.45, 2.75) is 68.2 Å². The van der Waals surface area contributed by atoms with Gasteiger partial charge in [0.1, 0.15) is 0 Å². The molecule has 8 aromatic rings. The lowest BCUT2D eigenvalue weighted by Gasteiger charge is -2.40. The van der Waals surface area contributed by atoms with Crippen molar-refractivity contribution in [2.24, 2.45) is 0 Å². The van der Waals surface area contributed by atoms with Gasteiger partial charge in [-0.2, -0.15) is 0 Å². The first-order chi connectivity index (χ1) is 31.7. The number of hydrogen-bond donors (Lipinski definition) is 0. The summed E-state index contributed by atoms with van der Waals surface area (Å²) in [6.07, 6.45) is 19.5. The van der Waals surface area contributed by atoms with Crippen molar-refractivity contribution in [1.29, 1.82) is 0 Å². The Labute approximate surface area is 377 Å². The molecule has 0 aliphatic heterocycles. The molecule has 1 atom stereocenters. The monoisotopic (exact) mass is 821 g/mol. The molecule has 308 valence electrons. The predicted octanol–water partition coefficient (Wildman–Crippen LogP) is 15.9. The molecular weight excluding hydrogens is 771 g/mol. The molecule has 0 radical (unpaired) electrons. The number of nitrogens with zero attached hydrogens (tertiary/aromatic N) is 1. The molecule has 5 aliphatic carbocycles. The van der Waals surface area contributed by atoms with Crippen LogP contribution < -0.4 is 4.90 Å². The van der Waals surface area contributed by atoms with Gasteiger partial charge in [0.2, 0.25) is 0 Å². The van der Waals surface area contributed by atoms with Gasteiger partial charge in [0, 0.05) is 22.2 Å². The fourth-order valence-corrected chi connectivity index (χ4v) is 13.0. The van der Waals surface area contributed by atoms with Crippen molar-refractivity contribution in [2.75, 3.05) is 4.90 Å². The van der Waals surface area contributed by atoms with Crippen LogP contribution in [0.5, 0.6) is 0 Å². The molecule has 1 unspecified atom stereocenters. The summed E-state index contributed by atoms with van der Waals surface area (Å²) in [5.74, 6) is 0.